The van der Waals surface area contributed by atoms with E-state index in [0.717, 1.165) is 22.5 Å². The van der Waals surface area contributed by atoms with Crippen LogP contribution in [0.3, 0.4) is 0 Å². The van der Waals surface area contributed by atoms with E-state index in [1.165, 1.54) is 28.6 Å². The molecule has 4 aromatic heterocycles. The maximum Gasteiger partial charge on any atom is 0.276 e. The van der Waals surface area contributed by atoms with Crippen molar-refractivity contribution in [2.24, 2.45) is 0 Å². The van der Waals surface area contributed by atoms with Crippen molar-refractivity contribution in [3.05, 3.63) is 47.0 Å². The van der Waals surface area contributed by atoms with Crippen molar-refractivity contribution >= 4 is 37.6 Å². The van der Waals surface area contributed by atoms with Crippen LogP contribution in [0.25, 0.3) is 26.1 Å². The molecular weight excluding hydrogens is 324 g/mol. The molecular formula is C16H14N6OS. The lowest BCUT2D eigenvalue weighted by molar-refractivity contribution is 0.953. The summed E-state index contributed by atoms with van der Waals surface area (Å²) < 4.78 is 2.07. The first kappa shape index (κ1) is 14.7. The zero-order valence-corrected chi connectivity index (χ0v) is 14.0. The zero-order chi connectivity index (χ0) is 16.7. The molecule has 7 nitrogen and oxygen atoms in total. The molecule has 4 heterocycles. The fourth-order valence-electron chi connectivity index (χ4n) is 2.55. The predicted molar refractivity (Wildman–Crippen MR) is 95.0 cm³/mol. The quantitative estimate of drug-likeness (QED) is 0.618. The van der Waals surface area contributed by atoms with Crippen LogP contribution in [0, 0.1) is 6.92 Å². The molecule has 0 spiro atoms. The minimum Gasteiger partial charge on any atom is -0.370 e. The van der Waals surface area contributed by atoms with Crippen LogP contribution in [-0.2, 0) is 0 Å². The van der Waals surface area contributed by atoms with Crippen LogP contribution in [-0.4, -0.2) is 31.0 Å². The van der Waals surface area contributed by atoms with E-state index in [2.05, 4.69) is 25.3 Å². The van der Waals surface area contributed by atoms with Crippen LogP contribution in [0.2, 0.25) is 0 Å². The van der Waals surface area contributed by atoms with E-state index >= 15 is 0 Å². The second-order valence-corrected chi connectivity index (χ2v) is 6.29. The summed E-state index contributed by atoms with van der Waals surface area (Å²) in [5.74, 6) is 0.704. The third kappa shape index (κ3) is 2.23. The van der Waals surface area contributed by atoms with E-state index in [4.69, 9.17) is 0 Å². The number of pyridine rings is 1. The first-order chi connectivity index (χ1) is 11.7. The van der Waals surface area contributed by atoms with Crippen LogP contribution in [0.15, 0.2) is 35.8 Å². The molecule has 0 radical (unpaired) electrons. The number of aryl methyl sites for hydroxylation is 1. The van der Waals surface area contributed by atoms with Gasteiger partial charge in [0.15, 0.2) is 0 Å². The van der Waals surface area contributed by atoms with Crippen LogP contribution in [0.4, 0.5) is 5.82 Å². The van der Waals surface area contributed by atoms with Gasteiger partial charge in [-0.15, -0.1) is 11.3 Å². The minimum atomic E-state index is -0.129. The van der Waals surface area contributed by atoms with E-state index in [0.29, 0.717) is 21.7 Å². The van der Waals surface area contributed by atoms with Crippen LogP contribution in [0.5, 0.6) is 0 Å². The Morgan fingerprint density at radius 3 is 2.83 bits per heavy atom. The monoisotopic (exact) mass is 338 g/mol. The standard InChI is InChI=1S/C16H14N6OS/c1-3-17-14-11-12-13(24-15(11)20-7-19-14)16(23)22(8-21-12)10-5-4-9(2)18-6-10/h4-8H,3H2,1-2H3,(H,17,19,20). The normalized spacial score (nSPS) is 11.2. The zero-order valence-electron chi connectivity index (χ0n) is 13.1. The number of aromatic nitrogens is 5. The van der Waals surface area contributed by atoms with Crippen molar-refractivity contribution in [1.29, 1.82) is 0 Å². The Morgan fingerprint density at radius 1 is 1.21 bits per heavy atom. The SMILES string of the molecule is CCNc1ncnc2sc3c(=O)n(-c4ccc(C)nc4)cnc3c12. The smallest absolute Gasteiger partial charge is 0.276 e. The summed E-state index contributed by atoms with van der Waals surface area (Å²) in [5, 5.41) is 3.99. The third-order valence-electron chi connectivity index (χ3n) is 3.70. The molecule has 0 aliphatic heterocycles. The van der Waals surface area contributed by atoms with Crippen molar-refractivity contribution in [1.82, 2.24) is 24.5 Å². The van der Waals surface area contributed by atoms with E-state index in [1.807, 2.05) is 26.0 Å². The summed E-state index contributed by atoms with van der Waals surface area (Å²) in [7, 11) is 0. The van der Waals surface area contributed by atoms with E-state index in [9.17, 15) is 4.79 Å². The molecule has 4 aromatic rings. The summed E-state index contributed by atoms with van der Waals surface area (Å²) in [4.78, 5) is 30.9. The van der Waals surface area contributed by atoms with Gasteiger partial charge in [-0.2, -0.15) is 0 Å². The Morgan fingerprint density at radius 2 is 2.08 bits per heavy atom. The van der Waals surface area contributed by atoms with Gasteiger partial charge in [0.05, 0.1) is 17.3 Å². The highest BCUT2D eigenvalue weighted by molar-refractivity contribution is 7.25. The Hall–Kier alpha value is -2.87. The molecule has 1 N–H and O–H groups in total. The van der Waals surface area contributed by atoms with Gasteiger partial charge < -0.3 is 5.32 Å². The Balaban J connectivity index is 2.00. The summed E-state index contributed by atoms with van der Waals surface area (Å²) >= 11 is 1.33. The van der Waals surface area contributed by atoms with Crippen molar-refractivity contribution in [2.45, 2.75) is 13.8 Å². The molecule has 0 fully saturated rings. The number of nitrogens with one attached hydrogen (secondary N) is 1. The number of hydrogen-bond donors (Lipinski definition) is 1. The lowest BCUT2D eigenvalue weighted by Crippen LogP contribution is -2.18. The summed E-state index contributed by atoms with van der Waals surface area (Å²) in [5.41, 5.74) is 2.09. The molecule has 0 amide bonds. The van der Waals surface area contributed by atoms with Crippen molar-refractivity contribution in [2.75, 3.05) is 11.9 Å². The number of rotatable bonds is 3. The average Bonchev–Trinajstić information content (AvgIpc) is 2.97. The predicted octanol–water partition coefficient (Wildman–Crippen LogP) is 2.53. The van der Waals surface area contributed by atoms with Gasteiger partial charge in [0.1, 0.15) is 33.5 Å². The molecule has 120 valence electrons. The highest BCUT2D eigenvalue weighted by Crippen LogP contribution is 2.32. The number of hydrogen-bond acceptors (Lipinski definition) is 7. The van der Waals surface area contributed by atoms with Crippen molar-refractivity contribution in [3.8, 4) is 5.69 Å². The Labute approximate surface area is 141 Å². The molecule has 0 bridgehead atoms. The van der Waals surface area contributed by atoms with Gasteiger partial charge in [-0.05, 0) is 26.0 Å². The number of fused-ring (bicyclic) bond motifs is 3. The topological polar surface area (TPSA) is 85.6 Å². The maximum atomic E-state index is 12.9. The van der Waals surface area contributed by atoms with E-state index in [-0.39, 0.29) is 5.56 Å². The number of nitrogens with zero attached hydrogens (tertiary/aromatic N) is 5. The summed E-state index contributed by atoms with van der Waals surface area (Å²) in [6.07, 6.45) is 4.70. The van der Waals surface area contributed by atoms with Crippen molar-refractivity contribution < 1.29 is 0 Å². The third-order valence-corrected chi connectivity index (χ3v) is 4.77. The highest BCUT2D eigenvalue weighted by Gasteiger charge is 2.16. The molecule has 8 heteroatoms. The van der Waals surface area contributed by atoms with Gasteiger partial charge in [0.25, 0.3) is 5.56 Å². The van der Waals surface area contributed by atoms with Gasteiger partial charge >= 0.3 is 0 Å². The highest BCUT2D eigenvalue weighted by atomic mass is 32.1. The minimum absolute atomic E-state index is 0.129. The fourth-order valence-corrected chi connectivity index (χ4v) is 3.58. The molecule has 0 saturated carbocycles. The Kier molecular flexibility index (Phi) is 3.46. The van der Waals surface area contributed by atoms with Crippen molar-refractivity contribution in [3.63, 3.8) is 0 Å². The van der Waals surface area contributed by atoms with Gasteiger partial charge in [-0.1, -0.05) is 0 Å². The molecule has 4 rings (SSSR count). The average molecular weight is 338 g/mol. The van der Waals surface area contributed by atoms with Gasteiger partial charge in [0.2, 0.25) is 0 Å². The first-order valence-electron chi connectivity index (χ1n) is 7.51. The van der Waals surface area contributed by atoms with Gasteiger partial charge in [-0.3, -0.25) is 14.3 Å². The van der Waals surface area contributed by atoms with Crippen LogP contribution >= 0.6 is 11.3 Å². The first-order valence-corrected chi connectivity index (χ1v) is 8.32. The van der Waals surface area contributed by atoms with Crippen LogP contribution in [0.1, 0.15) is 12.6 Å². The van der Waals surface area contributed by atoms with E-state index in [1.54, 1.807) is 6.20 Å². The van der Waals surface area contributed by atoms with Crippen LogP contribution < -0.4 is 10.9 Å². The number of anilines is 1. The number of thiophene rings is 1. The van der Waals surface area contributed by atoms with Gasteiger partial charge in [-0.25, -0.2) is 15.0 Å². The second-order valence-electron chi connectivity index (χ2n) is 5.29. The summed E-state index contributed by atoms with van der Waals surface area (Å²) in [6.45, 7) is 4.63. The molecule has 0 aliphatic rings. The molecule has 0 saturated heterocycles. The maximum absolute atomic E-state index is 12.9. The second kappa shape index (κ2) is 5.64. The Bertz CT molecular complexity index is 1100. The largest absolute Gasteiger partial charge is 0.370 e. The lowest BCUT2D eigenvalue weighted by atomic mass is 10.3. The molecule has 0 aliphatic carbocycles. The molecule has 24 heavy (non-hydrogen) atoms. The van der Waals surface area contributed by atoms with Gasteiger partial charge in [0, 0.05) is 12.2 Å². The molecule has 0 unspecified atom stereocenters. The van der Waals surface area contributed by atoms with E-state index < -0.39 is 0 Å². The fraction of sp³-hybridized carbons (Fsp3) is 0.188. The summed E-state index contributed by atoms with van der Waals surface area (Å²) in [6, 6.07) is 3.72. The molecule has 0 atom stereocenters. The molecule has 0 aromatic carbocycles. The lowest BCUT2D eigenvalue weighted by Gasteiger charge is -2.05.